The van der Waals surface area contributed by atoms with Gasteiger partial charge in [0.15, 0.2) is 0 Å². The van der Waals surface area contributed by atoms with Crippen molar-refractivity contribution in [1.29, 1.82) is 0 Å². The molecule has 2 rings (SSSR count). The molecule has 1 saturated heterocycles. The first-order valence-electron chi connectivity index (χ1n) is 7.93. The van der Waals surface area contributed by atoms with Gasteiger partial charge in [0.25, 0.3) is 0 Å². The summed E-state index contributed by atoms with van der Waals surface area (Å²) in [5, 5.41) is 8.69. The maximum Gasteiger partial charge on any atom is 0.322 e. The lowest BCUT2D eigenvalue weighted by molar-refractivity contribution is -0.126. The minimum atomic E-state index is -0.0684. The maximum atomic E-state index is 12.1. The topological polar surface area (TPSA) is 61.4 Å². The average molecular weight is 323 g/mol. The van der Waals surface area contributed by atoms with Crippen LogP contribution in [0.2, 0.25) is 0 Å². The Morgan fingerprint density at radius 2 is 2.09 bits per heavy atom. The fourth-order valence-corrected chi connectivity index (χ4v) is 3.11. The Kier molecular flexibility index (Phi) is 6.24. The van der Waals surface area contributed by atoms with Gasteiger partial charge in [-0.3, -0.25) is 10.1 Å². The normalized spacial score (nSPS) is 15.9. The molecule has 2 heterocycles. The Bertz CT molecular complexity index is 480. The summed E-state index contributed by atoms with van der Waals surface area (Å²) in [5.41, 5.74) is 0. The Labute approximate surface area is 136 Å². The lowest BCUT2D eigenvalue weighted by Gasteiger charge is -2.31. The summed E-state index contributed by atoms with van der Waals surface area (Å²) in [4.78, 5) is 26.0. The standard InChI is InChI=1S/C16H25N3O2S/c1-12(2)5-8-17-15(20)13-6-9-19(10-7-13)16(21)18-14-4-3-11-22-14/h3-4,11-13H,5-10H2,1-2H3,(H,17,20)(H,18,21). The van der Waals surface area contributed by atoms with Crippen molar-refractivity contribution in [3.63, 3.8) is 0 Å². The highest BCUT2D eigenvalue weighted by Crippen LogP contribution is 2.20. The van der Waals surface area contributed by atoms with E-state index in [1.807, 2.05) is 17.5 Å². The highest BCUT2D eigenvalue weighted by Gasteiger charge is 2.27. The van der Waals surface area contributed by atoms with Crippen molar-refractivity contribution < 1.29 is 9.59 Å². The molecule has 0 radical (unpaired) electrons. The van der Waals surface area contributed by atoms with Crippen LogP contribution in [0.15, 0.2) is 17.5 Å². The van der Waals surface area contributed by atoms with Crippen LogP contribution in [-0.4, -0.2) is 36.5 Å². The quantitative estimate of drug-likeness (QED) is 0.874. The minimum Gasteiger partial charge on any atom is -0.356 e. The summed E-state index contributed by atoms with van der Waals surface area (Å²) in [6.45, 7) is 6.32. The number of nitrogens with zero attached hydrogens (tertiary/aromatic N) is 1. The Morgan fingerprint density at radius 1 is 1.36 bits per heavy atom. The van der Waals surface area contributed by atoms with E-state index >= 15 is 0 Å². The van der Waals surface area contributed by atoms with Gasteiger partial charge >= 0.3 is 6.03 Å². The molecule has 1 aliphatic rings. The summed E-state index contributed by atoms with van der Waals surface area (Å²) in [7, 11) is 0. The van der Waals surface area contributed by atoms with Gasteiger partial charge in [-0.2, -0.15) is 0 Å². The SMILES string of the molecule is CC(C)CCNC(=O)C1CCN(C(=O)Nc2cccs2)CC1. The van der Waals surface area contributed by atoms with E-state index in [0.29, 0.717) is 19.0 Å². The molecule has 1 fully saturated rings. The van der Waals surface area contributed by atoms with Crippen molar-refractivity contribution in [2.24, 2.45) is 11.8 Å². The number of rotatable bonds is 5. The van der Waals surface area contributed by atoms with Gasteiger partial charge < -0.3 is 10.2 Å². The Balaban J connectivity index is 1.70. The largest absolute Gasteiger partial charge is 0.356 e. The zero-order valence-corrected chi connectivity index (χ0v) is 14.1. The summed E-state index contributed by atoms with van der Waals surface area (Å²) >= 11 is 1.51. The third-order valence-corrected chi connectivity index (χ3v) is 4.71. The number of nitrogens with one attached hydrogen (secondary N) is 2. The van der Waals surface area contributed by atoms with Crippen LogP contribution >= 0.6 is 11.3 Å². The third kappa shape index (κ3) is 5.02. The van der Waals surface area contributed by atoms with Crippen LogP contribution in [0.5, 0.6) is 0 Å². The van der Waals surface area contributed by atoms with Crippen LogP contribution in [0.4, 0.5) is 9.80 Å². The number of hydrogen-bond donors (Lipinski definition) is 2. The van der Waals surface area contributed by atoms with E-state index in [0.717, 1.165) is 30.8 Å². The molecule has 5 nitrogen and oxygen atoms in total. The second kappa shape index (κ2) is 8.17. The van der Waals surface area contributed by atoms with Gasteiger partial charge in [-0.25, -0.2) is 4.79 Å². The highest BCUT2D eigenvalue weighted by atomic mass is 32.1. The number of carbonyl (C=O) groups is 2. The molecule has 0 saturated carbocycles. The van der Waals surface area contributed by atoms with Gasteiger partial charge in [0.1, 0.15) is 0 Å². The molecule has 22 heavy (non-hydrogen) atoms. The Morgan fingerprint density at radius 3 is 2.68 bits per heavy atom. The van der Waals surface area contributed by atoms with Gasteiger partial charge in [-0.05, 0) is 42.7 Å². The van der Waals surface area contributed by atoms with Crippen molar-refractivity contribution in [3.05, 3.63) is 17.5 Å². The van der Waals surface area contributed by atoms with E-state index in [-0.39, 0.29) is 17.9 Å². The maximum absolute atomic E-state index is 12.1. The predicted molar refractivity (Wildman–Crippen MR) is 90.1 cm³/mol. The molecular formula is C16H25N3O2S. The van der Waals surface area contributed by atoms with Gasteiger partial charge in [0, 0.05) is 25.6 Å². The molecule has 6 heteroatoms. The number of carbonyl (C=O) groups excluding carboxylic acids is 2. The average Bonchev–Trinajstić information content (AvgIpc) is 3.00. The lowest BCUT2D eigenvalue weighted by atomic mass is 9.96. The van der Waals surface area contributed by atoms with E-state index < -0.39 is 0 Å². The van der Waals surface area contributed by atoms with Crippen molar-refractivity contribution in [3.8, 4) is 0 Å². The monoisotopic (exact) mass is 323 g/mol. The van der Waals surface area contributed by atoms with E-state index in [1.165, 1.54) is 11.3 Å². The van der Waals surface area contributed by atoms with E-state index in [1.54, 1.807) is 4.90 Å². The molecule has 122 valence electrons. The van der Waals surface area contributed by atoms with Crippen molar-refractivity contribution in [2.45, 2.75) is 33.1 Å². The summed E-state index contributed by atoms with van der Waals surface area (Å²) in [6, 6.07) is 3.73. The van der Waals surface area contributed by atoms with Crippen LogP contribution in [0.25, 0.3) is 0 Å². The van der Waals surface area contributed by atoms with Gasteiger partial charge in [0.05, 0.1) is 5.00 Å². The van der Waals surface area contributed by atoms with Crippen molar-refractivity contribution in [1.82, 2.24) is 10.2 Å². The van der Waals surface area contributed by atoms with Crippen molar-refractivity contribution in [2.75, 3.05) is 25.0 Å². The molecule has 0 atom stereocenters. The molecule has 1 aromatic rings. The number of thiophene rings is 1. The molecule has 0 bridgehead atoms. The van der Waals surface area contributed by atoms with E-state index in [9.17, 15) is 9.59 Å². The second-order valence-corrected chi connectivity index (χ2v) is 7.09. The van der Waals surface area contributed by atoms with Gasteiger partial charge in [-0.1, -0.05) is 13.8 Å². The summed E-state index contributed by atoms with van der Waals surface area (Å²) in [6.07, 6.45) is 2.49. The van der Waals surface area contributed by atoms with Crippen LogP contribution in [0.1, 0.15) is 33.1 Å². The zero-order chi connectivity index (χ0) is 15.9. The summed E-state index contributed by atoms with van der Waals surface area (Å²) in [5.74, 6) is 0.778. The first-order chi connectivity index (χ1) is 10.6. The van der Waals surface area contributed by atoms with E-state index in [2.05, 4.69) is 24.5 Å². The first-order valence-corrected chi connectivity index (χ1v) is 8.81. The molecule has 0 aromatic carbocycles. The minimum absolute atomic E-state index is 0.0398. The number of hydrogen-bond acceptors (Lipinski definition) is 3. The van der Waals surface area contributed by atoms with Crippen molar-refractivity contribution >= 4 is 28.3 Å². The molecular weight excluding hydrogens is 298 g/mol. The molecule has 0 aliphatic carbocycles. The lowest BCUT2D eigenvalue weighted by Crippen LogP contribution is -2.44. The molecule has 3 amide bonds. The number of piperidine rings is 1. The molecule has 0 spiro atoms. The molecule has 1 aliphatic heterocycles. The van der Waals surface area contributed by atoms with Gasteiger partial charge in [-0.15, -0.1) is 11.3 Å². The van der Waals surface area contributed by atoms with E-state index in [4.69, 9.17) is 0 Å². The smallest absolute Gasteiger partial charge is 0.322 e. The van der Waals surface area contributed by atoms with Crippen LogP contribution in [0, 0.1) is 11.8 Å². The van der Waals surface area contributed by atoms with Gasteiger partial charge in [0.2, 0.25) is 5.91 Å². The summed E-state index contributed by atoms with van der Waals surface area (Å²) < 4.78 is 0. The molecule has 2 N–H and O–H groups in total. The first kappa shape index (κ1) is 16.8. The predicted octanol–water partition coefficient (Wildman–Crippen LogP) is 3.15. The fraction of sp³-hybridized carbons (Fsp3) is 0.625. The number of likely N-dealkylation sites (tertiary alicyclic amines) is 1. The number of anilines is 1. The van der Waals surface area contributed by atoms with Crippen LogP contribution in [0.3, 0.4) is 0 Å². The third-order valence-electron chi connectivity index (χ3n) is 3.93. The molecule has 0 unspecified atom stereocenters. The van der Waals surface area contributed by atoms with Crippen LogP contribution in [-0.2, 0) is 4.79 Å². The number of amides is 3. The zero-order valence-electron chi connectivity index (χ0n) is 13.3. The highest BCUT2D eigenvalue weighted by molar-refractivity contribution is 7.14. The van der Waals surface area contributed by atoms with Crippen LogP contribution < -0.4 is 10.6 Å². The Hall–Kier alpha value is -1.56. The second-order valence-electron chi connectivity index (χ2n) is 6.14. The fourth-order valence-electron chi connectivity index (χ4n) is 2.51. The number of urea groups is 1. The molecule has 1 aromatic heterocycles.